The first-order chi connectivity index (χ1) is 8.54. The van der Waals surface area contributed by atoms with Crippen LogP contribution in [0.5, 0.6) is 0 Å². The molecule has 1 heterocycles. The Hall–Kier alpha value is -1.63. The molecule has 0 aliphatic carbocycles. The molecular formula is C11H19N3O4. The Balaban J connectivity index is 2.38. The molecule has 0 saturated carbocycles. The summed E-state index contributed by atoms with van der Waals surface area (Å²) in [4.78, 5) is 35.3. The van der Waals surface area contributed by atoms with Gasteiger partial charge in [-0.3, -0.25) is 19.8 Å². The van der Waals surface area contributed by atoms with Crippen molar-refractivity contribution in [3.05, 3.63) is 0 Å². The van der Waals surface area contributed by atoms with Crippen molar-refractivity contribution >= 4 is 17.9 Å². The standard InChI is InChI=1S/C11H19N3O4/c1-2-18-10(16)8-4-3-6-14(8)7-5-9(15)13-11(12)17/h8H,2-7H2,1H3,(H3,12,13,15,17). The van der Waals surface area contributed by atoms with Gasteiger partial charge in [-0.1, -0.05) is 0 Å². The number of hydrogen-bond donors (Lipinski definition) is 2. The van der Waals surface area contributed by atoms with E-state index in [1.165, 1.54) is 0 Å². The number of nitrogens with zero attached hydrogens (tertiary/aromatic N) is 1. The summed E-state index contributed by atoms with van der Waals surface area (Å²) in [6, 6.07) is -1.13. The van der Waals surface area contributed by atoms with Crippen LogP contribution in [-0.4, -0.2) is 48.5 Å². The van der Waals surface area contributed by atoms with E-state index < -0.39 is 11.9 Å². The maximum absolute atomic E-state index is 11.6. The van der Waals surface area contributed by atoms with Crippen molar-refractivity contribution in [3.63, 3.8) is 0 Å². The Labute approximate surface area is 106 Å². The topological polar surface area (TPSA) is 102 Å². The first-order valence-corrected chi connectivity index (χ1v) is 6.04. The van der Waals surface area contributed by atoms with Crippen LogP contribution < -0.4 is 11.1 Å². The average Bonchev–Trinajstić information content (AvgIpc) is 2.73. The van der Waals surface area contributed by atoms with Crippen LogP contribution in [0.1, 0.15) is 26.2 Å². The number of carbonyl (C=O) groups is 3. The molecule has 1 rings (SSSR count). The highest BCUT2D eigenvalue weighted by atomic mass is 16.5. The van der Waals surface area contributed by atoms with Gasteiger partial charge in [-0.25, -0.2) is 4.79 Å². The normalized spacial score (nSPS) is 19.5. The minimum atomic E-state index is -0.858. The van der Waals surface area contributed by atoms with Gasteiger partial charge in [0.1, 0.15) is 6.04 Å². The van der Waals surface area contributed by atoms with E-state index in [-0.39, 0.29) is 18.4 Å². The van der Waals surface area contributed by atoms with Gasteiger partial charge in [-0.05, 0) is 26.3 Å². The van der Waals surface area contributed by atoms with Gasteiger partial charge >= 0.3 is 12.0 Å². The van der Waals surface area contributed by atoms with Crippen molar-refractivity contribution < 1.29 is 19.1 Å². The summed E-state index contributed by atoms with van der Waals surface area (Å²) in [6.07, 6.45) is 1.79. The molecule has 0 aromatic carbocycles. The summed E-state index contributed by atoms with van der Waals surface area (Å²) in [5.41, 5.74) is 4.83. The highest BCUT2D eigenvalue weighted by molar-refractivity contribution is 5.93. The van der Waals surface area contributed by atoms with Crippen LogP contribution in [0.25, 0.3) is 0 Å². The zero-order valence-corrected chi connectivity index (χ0v) is 10.5. The average molecular weight is 257 g/mol. The second-order valence-corrected chi connectivity index (χ2v) is 4.11. The predicted molar refractivity (Wildman–Crippen MR) is 63.6 cm³/mol. The van der Waals surface area contributed by atoms with E-state index in [1.807, 2.05) is 10.2 Å². The van der Waals surface area contributed by atoms with E-state index in [0.717, 1.165) is 19.4 Å². The third kappa shape index (κ3) is 4.33. The Bertz CT molecular complexity index is 332. The summed E-state index contributed by atoms with van der Waals surface area (Å²) in [6.45, 7) is 3.29. The van der Waals surface area contributed by atoms with E-state index in [4.69, 9.17) is 10.5 Å². The third-order valence-corrected chi connectivity index (χ3v) is 2.81. The van der Waals surface area contributed by atoms with Crippen molar-refractivity contribution in [3.8, 4) is 0 Å². The fourth-order valence-corrected chi connectivity index (χ4v) is 2.04. The van der Waals surface area contributed by atoms with Crippen LogP contribution in [0.4, 0.5) is 4.79 Å². The van der Waals surface area contributed by atoms with Crippen LogP contribution in [-0.2, 0) is 14.3 Å². The molecule has 18 heavy (non-hydrogen) atoms. The number of carbonyl (C=O) groups excluding carboxylic acids is 3. The number of hydrogen-bond acceptors (Lipinski definition) is 5. The molecule has 0 radical (unpaired) electrons. The molecule has 1 atom stereocenters. The highest BCUT2D eigenvalue weighted by Gasteiger charge is 2.31. The number of nitrogens with two attached hydrogens (primary N) is 1. The Morgan fingerprint density at radius 2 is 2.17 bits per heavy atom. The number of nitrogens with one attached hydrogen (secondary N) is 1. The van der Waals surface area contributed by atoms with Crippen molar-refractivity contribution in [2.45, 2.75) is 32.2 Å². The molecule has 7 heteroatoms. The summed E-state index contributed by atoms with van der Waals surface area (Å²) in [5.74, 6) is -0.678. The van der Waals surface area contributed by atoms with E-state index >= 15 is 0 Å². The first-order valence-electron chi connectivity index (χ1n) is 6.04. The molecule has 3 N–H and O–H groups in total. The highest BCUT2D eigenvalue weighted by Crippen LogP contribution is 2.18. The third-order valence-electron chi connectivity index (χ3n) is 2.81. The van der Waals surface area contributed by atoms with E-state index in [2.05, 4.69) is 0 Å². The quantitative estimate of drug-likeness (QED) is 0.652. The van der Waals surface area contributed by atoms with Gasteiger partial charge in [-0.15, -0.1) is 0 Å². The van der Waals surface area contributed by atoms with Gasteiger partial charge in [0.25, 0.3) is 0 Å². The molecule has 1 unspecified atom stereocenters. The monoisotopic (exact) mass is 257 g/mol. The fraction of sp³-hybridized carbons (Fsp3) is 0.727. The Morgan fingerprint density at radius 1 is 1.44 bits per heavy atom. The number of rotatable bonds is 5. The van der Waals surface area contributed by atoms with Gasteiger partial charge in [0.15, 0.2) is 0 Å². The van der Waals surface area contributed by atoms with Gasteiger partial charge in [0.2, 0.25) is 5.91 Å². The molecule has 1 saturated heterocycles. The second kappa shape index (κ2) is 6.95. The van der Waals surface area contributed by atoms with Crippen molar-refractivity contribution in [2.24, 2.45) is 5.73 Å². The van der Waals surface area contributed by atoms with Crippen LogP contribution in [0.3, 0.4) is 0 Å². The number of esters is 1. The largest absolute Gasteiger partial charge is 0.465 e. The first kappa shape index (κ1) is 14.4. The molecule has 0 aromatic heterocycles. The SMILES string of the molecule is CCOC(=O)C1CCCN1CCC(=O)NC(N)=O. The van der Waals surface area contributed by atoms with Crippen LogP contribution >= 0.6 is 0 Å². The number of primary amides is 1. The fourth-order valence-electron chi connectivity index (χ4n) is 2.04. The number of urea groups is 1. The lowest BCUT2D eigenvalue weighted by Gasteiger charge is -2.22. The van der Waals surface area contributed by atoms with E-state index in [0.29, 0.717) is 13.2 Å². The number of amides is 3. The van der Waals surface area contributed by atoms with Crippen LogP contribution in [0.15, 0.2) is 0 Å². The maximum Gasteiger partial charge on any atom is 0.323 e. The molecule has 7 nitrogen and oxygen atoms in total. The molecule has 1 fully saturated rings. The van der Waals surface area contributed by atoms with Gasteiger partial charge < -0.3 is 10.5 Å². The minimum absolute atomic E-state index is 0.138. The summed E-state index contributed by atoms with van der Waals surface area (Å²) >= 11 is 0. The number of ether oxygens (including phenoxy) is 1. The lowest BCUT2D eigenvalue weighted by atomic mass is 10.2. The summed E-state index contributed by atoms with van der Waals surface area (Å²) in [7, 11) is 0. The van der Waals surface area contributed by atoms with Crippen molar-refractivity contribution in [1.29, 1.82) is 0 Å². The van der Waals surface area contributed by atoms with Crippen molar-refractivity contribution in [2.75, 3.05) is 19.7 Å². The zero-order valence-electron chi connectivity index (χ0n) is 10.5. The molecule has 1 aliphatic rings. The summed E-state index contributed by atoms with van der Waals surface area (Å²) < 4.78 is 4.97. The lowest BCUT2D eigenvalue weighted by molar-refractivity contribution is -0.148. The molecular weight excluding hydrogens is 238 g/mol. The summed E-state index contributed by atoms with van der Waals surface area (Å²) in [5, 5.41) is 1.99. The Morgan fingerprint density at radius 3 is 2.78 bits per heavy atom. The zero-order chi connectivity index (χ0) is 13.5. The molecule has 0 spiro atoms. The van der Waals surface area contributed by atoms with Gasteiger partial charge in [0.05, 0.1) is 6.61 Å². The number of likely N-dealkylation sites (tertiary alicyclic amines) is 1. The molecule has 102 valence electrons. The van der Waals surface area contributed by atoms with Gasteiger partial charge in [-0.2, -0.15) is 0 Å². The minimum Gasteiger partial charge on any atom is -0.465 e. The van der Waals surface area contributed by atoms with E-state index in [9.17, 15) is 14.4 Å². The van der Waals surface area contributed by atoms with Crippen molar-refractivity contribution in [1.82, 2.24) is 10.2 Å². The number of imide groups is 1. The lowest BCUT2D eigenvalue weighted by Crippen LogP contribution is -2.41. The molecule has 0 bridgehead atoms. The van der Waals surface area contributed by atoms with Gasteiger partial charge in [0, 0.05) is 13.0 Å². The van der Waals surface area contributed by atoms with Crippen LogP contribution in [0.2, 0.25) is 0 Å². The second-order valence-electron chi connectivity index (χ2n) is 4.11. The predicted octanol–water partition coefficient (Wildman–Crippen LogP) is -0.401. The Kier molecular flexibility index (Phi) is 5.57. The molecule has 3 amide bonds. The smallest absolute Gasteiger partial charge is 0.323 e. The molecule has 0 aromatic rings. The maximum atomic E-state index is 11.6. The van der Waals surface area contributed by atoms with Crippen LogP contribution in [0, 0.1) is 0 Å². The van der Waals surface area contributed by atoms with E-state index in [1.54, 1.807) is 6.92 Å². The molecule has 1 aliphatic heterocycles.